The second-order valence-electron chi connectivity index (χ2n) is 1.97. The maximum atomic E-state index is 2.15. The van der Waals surface area contributed by atoms with Gasteiger partial charge >= 0.3 is 0 Å². The smallest absolute Gasteiger partial charge is 0.101 e. The first kappa shape index (κ1) is 7.50. The van der Waals surface area contributed by atoms with Crippen molar-refractivity contribution in [3.63, 3.8) is 0 Å². The van der Waals surface area contributed by atoms with E-state index in [1.54, 1.807) is 0 Å². The zero-order chi connectivity index (χ0) is 6.55. The minimum absolute atomic E-state index is 0.865. The van der Waals surface area contributed by atoms with E-state index in [9.17, 15) is 0 Å². The van der Waals surface area contributed by atoms with Crippen LogP contribution in [0.2, 0.25) is 0 Å². The number of hydrogen-bond donors (Lipinski definition) is 0. The topological polar surface area (TPSA) is 0 Å². The fourth-order valence-corrected chi connectivity index (χ4v) is 18.2. The number of hydrogen-bond acceptors (Lipinski definition) is 6. The summed E-state index contributed by atoms with van der Waals surface area (Å²) < 4.78 is 3.46. The van der Waals surface area contributed by atoms with Crippen molar-refractivity contribution in [2.75, 3.05) is 0 Å². The summed E-state index contributed by atoms with van der Waals surface area (Å²) in [6.07, 6.45) is 0. The molecule has 0 aromatic rings. The van der Waals surface area contributed by atoms with Gasteiger partial charge in [0.2, 0.25) is 0 Å². The Morgan fingerprint density at radius 1 is 0.400 bits per heavy atom. The maximum absolute atomic E-state index is 2.15. The molecular weight excluding hydrogens is 240 g/mol. The molecular formula is C4H4S6. The van der Waals surface area contributed by atoms with Crippen LogP contribution in [-0.2, 0) is 0 Å². The van der Waals surface area contributed by atoms with E-state index in [-0.39, 0.29) is 0 Å². The molecule has 6 heteroatoms. The molecule has 4 aliphatic rings. The van der Waals surface area contributed by atoms with Crippen molar-refractivity contribution in [2.45, 2.75) is 15.7 Å². The second-order valence-corrected chi connectivity index (χ2v) is 12.8. The zero-order valence-electron chi connectivity index (χ0n) is 4.76. The van der Waals surface area contributed by atoms with Crippen LogP contribution < -0.4 is 0 Å². The maximum Gasteiger partial charge on any atom is 0.101 e. The molecule has 0 radical (unpaired) electrons. The summed E-state index contributed by atoms with van der Waals surface area (Å²) in [5.41, 5.74) is 0. The molecule has 0 atom stereocenters. The van der Waals surface area contributed by atoms with E-state index >= 15 is 0 Å². The van der Waals surface area contributed by atoms with Gasteiger partial charge in [-0.05, 0) is 0 Å². The average Bonchev–Trinajstić information content (AvgIpc) is 1.82. The van der Waals surface area contributed by atoms with E-state index in [0.29, 0.717) is 0 Å². The Kier molecular flexibility index (Phi) is 2.10. The summed E-state index contributed by atoms with van der Waals surface area (Å²) in [6.45, 7) is 0. The fraction of sp³-hybridized carbons (Fsp3) is 1.00. The predicted octanol–water partition coefficient (Wildman–Crippen LogP) is 3.56. The van der Waals surface area contributed by atoms with Gasteiger partial charge in [0.15, 0.2) is 0 Å². The summed E-state index contributed by atoms with van der Waals surface area (Å²) in [7, 11) is 0. The van der Waals surface area contributed by atoms with Gasteiger partial charge in [-0.3, -0.25) is 0 Å². The van der Waals surface area contributed by atoms with Crippen molar-refractivity contribution >= 4 is 70.6 Å². The summed E-state index contributed by atoms with van der Waals surface area (Å²) >= 11 is 12.9. The molecule has 4 heterocycles. The molecule has 10 heavy (non-hydrogen) atoms. The van der Waals surface area contributed by atoms with Gasteiger partial charge in [0, 0.05) is 0 Å². The molecule has 0 N–H and O–H groups in total. The van der Waals surface area contributed by atoms with Gasteiger partial charge < -0.3 is 0 Å². The third-order valence-electron chi connectivity index (χ3n) is 1.33. The summed E-state index contributed by atoms with van der Waals surface area (Å²) in [5.74, 6) is 0. The third kappa shape index (κ3) is 1.23. The Morgan fingerprint density at radius 2 is 0.600 bits per heavy atom. The number of thioether (sulfide) groups is 6. The van der Waals surface area contributed by atoms with E-state index in [0.717, 1.165) is 15.7 Å². The average molecular weight is 244 g/mol. The SMILES string of the molecule is S1C2SC3SC1SC(S2)S3. The lowest BCUT2D eigenvalue weighted by Gasteiger charge is -2.46. The first-order chi connectivity index (χ1) is 4.90. The monoisotopic (exact) mass is 244 g/mol. The Balaban J connectivity index is 1.90. The van der Waals surface area contributed by atoms with Crippen LogP contribution in [-0.4, -0.2) is 15.7 Å². The lowest BCUT2D eigenvalue weighted by Crippen LogP contribution is -2.26. The summed E-state index contributed by atoms with van der Waals surface area (Å²) in [5, 5.41) is 0. The fourth-order valence-electron chi connectivity index (χ4n) is 0.929. The molecule has 4 fully saturated rings. The highest BCUT2D eigenvalue weighted by Crippen LogP contribution is 2.71. The predicted molar refractivity (Wildman–Crippen MR) is 60.7 cm³/mol. The largest absolute Gasteiger partial charge is 0.111 e. The Labute approximate surface area is 85.6 Å². The zero-order valence-corrected chi connectivity index (χ0v) is 9.66. The minimum atomic E-state index is 0.865. The molecule has 0 spiro atoms. The van der Waals surface area contributed by atoms with Crippen molar-refractivity contribution in [1.82, 2.24) is 0 Å². The lowest BCUT2D eigenvalue weighted by molar-refractivity contribution is 1.71. The van der Waals surface area contributed by atoms with Crippen LogP contribution in [0, 0.1) is 0 Å². The van der Waals surface area contributed by atoms with Crippen molar-refractivity contribution in [2.24, 2.45) is 0 Å². The van der Waals surface area contributed by atoms with Crippen molar-refractivity contribution in [1.29, 1.82) is 0 Å². The third-order valence-corrected chi connectivity index (χ3v) is 12.0. The Morgan fingerprint density at radius 3 is 0.800 bits per heavy atom. The van der Waals surface area contributed by atoms with Crippen LogP contribution in [0.25, 0.3) is 0 Å². The van der Waals surface area contributed by atoms with Crippen molar-refractivity contribution in [3.05, 3.63) is 0 Å². The van der Waals surface area contributed by atoms with Gasteiger partial charge in [-0.2, -0.15) is 0 Å². The molecule has 0 amide bonds. The molecule has 0 aromatic carbocycles. The standard InChI is InChI=1S/C4H4S6/c5-1-6-3-8-2(5)9-4(7-1)10-3/h1-4H. The summed E-state index contributed by atoms with van der Waals surface area (Å²) in [6, 6.07) is 0. The molecule has 0 aromatic heterocycles. The molecule has 4 aliphatic heterocycles. The lowest BCUT2D eigenvalue weighted by atomic mass is 11.7. The highest BCUT2D eigenvalue weighted by atomic mass is 32.4. The molecule has 0 aliphatic carbocycles. The Bertz CT molecular complexity index is 101. The van der Waals surface area contributed by atoms with Crippen LogP contribution in [0.5, 0.6) is 0 Å². The van der Waals surface area contributed by atoms with Crippen LogP contribution in [0.1, 0.15) is 0 Å². The van der Waals surface area contributed by atoms with Gasteiger partial charge in [0.1, 0.15) is 15.7 Å². The van der Waals surface area contributed by atoms with Crippen molar-refractivity contribution < 1.29 is 0 Å². The van der Waals surface area contributed by atoms with Gasteiger partial charge in [0.05, 0.1) is 0 Å². The van der Waals surface area contributed by atoms with Gasteiger partial charge in [-0.25, -0.2) is 0 Å². The summed E-state index contributed by atoms with van der Waals surface area (Å²) in [4.78, 5) is 0. The van der Waals surface area contributed by atoms with E-state index in [2.05, 4.69) is 70.6 Å². The molecule has 0 saturated carbocycles. The first-order valence-corrected chi connectivity index (χ1v) is 8.49. The van der Waals surface area contributed by atoms with Crippen molar-refractivity contribution in [3.8, 4) is 0 Å². The van der Waals surface area contributed by atoms with E-state index in [4.69, 9.17) is 0 Å². The van der Waals surface area contributed by atoms with Gasteiger partial charge in [-0.15, -0.1) is 70.6 Å². The van der Waals surface area contributed by atoms with Crippen LogP contribution in [0.4, 0.5) is 0 Å². The molecule has 0 nitrogen and oxygen atoms in total. The van der Waals surface area contributed by atoms with E-state index in [1.807, 2.05) is 0 Å². The van der Waals surface area contributed by atoms with E-state index in [1.165, 1.54) is 0 Å². The van der Waals surface area contributed by atoms with Gasteiger partial charge in [-0.1, -0.05) is 0 Å². The minimum Gasteiger partial charge on any atom is -0.111 e. The van der Waals surface area contributed by atoms with Gasteiger partial charge in [0.25, 0.3) is 0 Å². The quantitative estimate of drug-likeness (QED) is 0.634. The molecule has 56 valence electrons. The Hall–Kier alpha value is 2.10. The highest BCUT2D eigenvalue weighted by molar-refractivity contribution is 8.62. The number of rotatable bonds is 0. The van der Waals surface area contributed by atoms with Crippen LogP contribution in [0.3, 0.4) is 0 Å². The second kappa shape index (κ2) is 2.80. The molecule has 4 bridgehead atoms. The normalized spacial score (nSPS) is 57.6. The van der Waals surface area contributed by atoms with Crippen LogP contribution in [0.15, 0.2) is 0 Å². The molecule has 0 unspecified atom stereocenters. The van der Waals surface area contributed by atoms with Crippen LogP contribution >= 0.6 is 70.6 Å². The van der Waals surface area contributed by atoms with E-state index < -0.39 is 0 Å². The first-order valence-electron chi connectivity index (χ1n) is 2.83. The molecule has 4 saturated heterocycles. The molecule has 4 rings (SSSR count). The highest BCUT2D eigenvalue weighted by Gasteiger charge is 2.45.